The van der Waals surface area contributed by atoms with Gasteiger partial charge in [-0.1, -0.05) is 87.8 Å². The smallest absolute Gasteiger partial charge is 0.207 e. The Hall–Kier alpha value is -1.87. The van der Waals surface area contributed by atoms with Crippen molar-refractivity contribution in [2.45, 2.75) is 75.7 Å². The van der Waals surface area contributed by atoms with Crippen molar-refractivity contribution in [1.82, 2.24) is 4.72 Å². The highest BCUT2D eigenvalue weighted by Gasteiger charge is 2.43. The molecule has 5 heteroatoms. The van der Waals surface area contributed by atoms with Crippen molar-refractivity contribution in [2.75, 3.05) is 0 Å². The predicted molar refractivity (Wildman–Crippen MR) is 130 cm³/mol. The largest absolute Gasteiger partial charge is 0.241 e. The molecule has 30 heavy (non-hydrogen) atoms. The summed E-state index contributed by atoms with van der Waals surface area (Å²) in [5.41, 5.74) is 1.99. The summed E-state index contributed by atoms with van der Waals surface area (Å²) in [4.78, 5) is 0.294. The second-order valence-electron chi connectivity index (χ2n) is 9.50. The van der Waals surface area contributed by atoms with Crippen molar-refractivity contribution >= 4 is 18.1 Å². The maximum atomic E-state index is 13.0. The number of unbranched alkanes of at least 4 members (excludes halogenated alkanes) is 1. The molecule has 0 saturated heterocycles. The number of nitrogens with one attached hydrogen (secondary N) is 1. The van der Waals surface area contributed by atoms with E-state index < -0.39 is 18.1 Å². The van der Waals surface area contributed by atoms with E-state index in [-0.39, 0.29) is 10.7 Å². The molecule has 162 valence electrons. The Morgan fingerprint density at radius 3 is 2.17 bits per heavy atom. The highest BCUT2D eigenvalue weighted by molar-refractivity contribution is 7.89. The zero-order valence-electron chi connectivity index (χ0n) is 19.1. The molecule has 1 N–H and O–H groups in total. The van der Waals surface area contributed by atoms with Gasteiger partial charge in [0.15, 0.2) is 0 Å². The van der Waals surface area contributed by atoms with E-state index in [4.69, 9.17) is 0 Å². The fourth-order valence-electron chi connectivity index (χ4n) is 2.93. The van der Waals surface area contributed by atoms with Crippen LogP contribution in [0.1, 0.15) is 44.7 Å². The van der Waals surface area contributed by atoms with E-state index in [0.717, 1.165) is 24.8 Å². The van der Waals surface area contributed by atoms with Gasteiger partial charge in [-0.05, 0) is 42.5 Å². The average Bonchev–Trinajstić information content (AvgIpc) is 2.67. The SMILES string of the molecule is Cc1ccc(S(=O)(=O)N[C@H](C#CCCCc2ccccc2)[Si](C)(C)C(C)(C)C)cc1. The molecule has 2 aromatic rings. The monoisotopic (exact) mass is 441 g/mol. The molecule has 0 amide bonds. The predicted octanol–water partition coefficient (Wildman–Crippen LogP) is 5.72. The van der Waals surface area contributed by atoms with Crippen LogP contribution in [-0.4, -0.2) is 22.2 Å². The number of hydrogen-bond donors (Lipinski definition) is 1. The van der Waals surface area contributed by atoms with Crippen LogP contribution in [-0.2, 0) is 16.4 Å². The molecule has 0 heterocycles. The fourth-order valence-corrected chi connectivity index (χ4v) is 6.90. The molecule has 0 aliphatic heterocycles. The van der Waals surface area contributed by atoms with Gasteiger partial charge < -0.3 is 0 Å². The normalized spacial score (nSPS) is 13.4. The Kier molecular flexibility index (Phi) is 8.10. The molecular formula is C25H35NO2SSi. The summed E-state index contributed by atoms with van der Waals surface area (Å²) in [7, 11) is -5.70. The molecule has 2 aromatic carbocycles. The molecule has 0 aliphatic rings. The summed E-state index contributed by atoms with van der Waals surface area (Å²) < 4.78 is 29.0. The van der Waals surface area contributed by atoms with Crippen LogP contribution in [0, 0.1) is 18.8 Å². The quantitative estimate of drug-likeness (QED) is 0.339. The molecule has 0 aromatic heterocycles. The summed E-state index contributed by atoms with van der Waals surface area (Å²) in [6.07, 6.45) is 2.70. The van der Waals surface area contributed by atoms with Crippen molar-refractivity contribution in [3.63, 3.8) is 0 Å². The second kappa shape index (κ2) is 9.96. The molecule has 0 saturated carbocycles. The van der Waals surface area contributed by atoms with E-state index in [9.17, 15) is 8.42 Å². The van der Waals surface area contributed by atoms with Gasteiger partial charge in [-0.3, -0.25) is 0 Å². The Balaban J connectivity index is 2.18. The Labute approximate surface area is 184 Å². The minimum Gasteiger partial charge on any atom is -0.207 e. The van der Waals surface area contributed by atoms with Crippen LogP contribution < -0.4 is 4.72 Å². The fraction of sp³-hybridized carbons (Fsp3) is 0.440. The van der Waals surface area contributed by atoms with Gasteiger partial charge >= 0.3 is 0 Å². The first-order chi connectivity index (χ1) is 13.9. The van der Waals surface area contributed by atoms with Gasteiger partial charge in [-0.2, -0.15) is 4.72 Å². The summed E-state index contributed by atoms with van der Waals surface area (Å²) in [6.45, 7) is 12.9. The molecule has 0 unspecified atom stereocenters. The van der Waals surface area contributed by atoms with Gasteiger partial charge in [0, 0.05) is 6.42 Å². The third-order valence-electron chi connectivity index (χ3n) is 6.12. The van der Waals surface area contributed by atoms with Crippen molar-refractivity contribution < 1.29 is 8.42 Å². The summed E-state index contributed by atoms with van der Waals surface area (Å²) in [5, 5.41) is 0.00613. The van der Waals surface area contributed by atoms with E-state index in [1.54, 1.807) is 12.1 Å². The highest BCUT2D eigenvalue weighted by Crippen LogP contribution is 2.38. The topological polar surface area (TPSA) is 46.2 Å². The first-order valence-electron chi connectivity index (χ1n) is 10.5. The van der Waals surface area contributed by atoms with E-state index >= 15 is 0 Å². The molecule has 0 bridgehead atoms. The third kappa shape index (κ3) is 6.56. The number of aryl methyl sites for hydroxylation is 2. The van der Waals surface area contributed by atoms with Crippen molar-refractivity contribution in [3.8, 4) is 11.8 Å². The first kappa shape index (κ1) is 24.4. The van der Waals surface area contributed by atoms with Gasteiger partial charge in [0.1, 0.15) is 0 Å². The minimum absolute atomic E-state index is 0.00613. The van der Waals surface area contributed by atoms with Crippen LogP contribution in [0.2, 0.25) is 18.1 Å². The zero-order valence-corrected chi connectivity index (χ0v) is 20.9. The lowest BCUT2D eigenvalue weighted by Crippen LogP contribution is -2.57. The molecule has 3 nitrogen and oxygen atoms in total. The lowest BCUT2D eigenvalue weighted by atomic mass is 10.1. The molecule has 0 radical (unpaired) electrons. The van der Waals surface area contributed by atoms with E-state index in [1.165, 1.54) is 5.56 Å². The molecule has 0 spiro atoms. The van der Waals surface area contributed by atoms with Crippen molar-refractivity contribution in [2.24, 2.45) is 0 Å². The van der Waals surface area contributed by atoms with E-state index in [1.807, 2.05) is 37.3 Å². The maximum Gasteiger partial charge on any atom is 0.241 e. The van der Waals surface area contributed by atoms with Gasteiger partial charge in [-0.25, -0.2) is 8.42 Å². The zero-order chi connectivity index (χ0) is 22.4. The first-order valence-corrected chi connectivity index (χ1v) is 15.1. The number of sulfonamides is 1. The highest BCUT2D eigenvalue weighted by atomic mass is 32.2. The third-order valence-corrected chi connectivity index (χ3v) is 13.4. The lowest BCUT2D eigenvalue weighted by molar-refractivity contribution is 0.580. The van der Waals surface area contributed by atoms with Crippen LogP contribution in [0.4, 0.5) is 0 Å². The van der Waals surface area contributed by atoms with Crippen LogP contribution in [0.25, 0.3) is 0 Å². The molecule has 0 aliphatic carbocycles. The summed E-state index contributed by atoms with van der Waals surface area (Å²) >= 11 is 0. The van der Waals surface area contributed by atoms with E-state index in [2.05, 4.69) is 62.6 Å². The van der Waals surface area contributed by atoms with Crippen molar-refractivity contribution in [3.05, 3.63) is 65.7 Å². The van der Waals surface area contributed by atoms with Crippen LogP contribution >= 0.6 is 0 Å². The van der Waals surface area contributed by atoms with Gasteiger partial charge in [0.2, 0.25) is 10.0 Å². The molecule has 0 fully saturated rings. The molecular weight excluding hydrogens is 406 g/mol. The van der Waals surface area contributed by atoms with Crippen LogP contribution in [0.3, 0.4) is 0 Å². The van der Waals surface area contributed by atoms with E-state index in [0.29, 0.717) is 4.90 Å². The Bertz CT molecular complexity index is 979. The van der Waals surface area contributed by atoms with Gasteiger partial charge in [-0.15, -0.1) is 5.92 Å². The standard InChI is InChI=1S/C25H35NO2SSi/c1-21-17-19-23(20-18-21)29(27,28)26-24(30(5,6)25(2,3)4)16-12-8-11-15-22-13-9-7-10-14-22/h7,9-10,13-14,17-20,24,26H,8,11,15H2,1-6H3/t24-/m0/s1. The van der Waals surface area contributed by atoms with Gasteiger partial charge in [0.05, 0.1) is 18.6 Å². The average molecular weight is 442 g/mol. The molecule has 1 atom stereocenters. The lowest BCUT2D eigenvalue weighted by Gasteiger charge is -2.41. The van der Waals surface area contributed by atoms with Crippen molar-refractivity contribution in [1.29, 1.82) is 0 Å². The van der Waals surface area contributed by atoms with Crippen LogP contribution in [0.15, 0.2) is 59.5 Å². The summed E-state index contributed by atoms with van der Waals surface area (Å²) in [6, 6.07) is 17.3. The second-order valence-corrected chi connectivity index (χ2v) is 16.7. The van der Waals surface area contributed by atoms with Gasteiger partial charge in [0.25, 0.3) is 0 Å². The Morgan fingerprint density at radius 1 is 1.00 bits per heavy atom. The number of rotatable bonds is 7. The van der Waals surface area contributed by atoms with Crippen LogP contribution in [0.5, 0.6) is 0 Å². The molecule has 2 rings (SSSR count). The number of hydrogen-bond acceptors (Lipinski definition) is 2. The minimum atomic E-state index is -3.62. The number of benzene rings is 2. The summed E-state index contributed by atoms with van der Waals surface area (Å²) in [5.74, 6) is 6.59. The Morgan fingerprint density at radius 2 is 1.60 bits per heavy atom. The maximum absolute atomic E-state index is 13.0.